The van der Waals surface area contributed by atoms with Gasteiger partial charge in [-0.2, -0.15) is 5.26 Å². The van der Waals surface area contributed by atoms with Gasteiger partial charge in [-0.15, -0.1) is 0 Å². The third kappa shape index (κ3) is 6.56. The van der Waals surface area contributed by atoms with Crippen molar-refractivity contribution < 1.29 is 14.3 Å². The summed E-state index contributed by atoms with van der Waals surface area (Å²) in [6, 6.07) is 18.5. The van der Waals surface area contributed by atoms with Crippen LogP contribution in [0.25, 0.3) is 0 Å². The van der Waals surface area contributed by atoms with Gasteiger partial charge in [0.05, 0.1) is 11.6 Å². The maximum Gasteiger partial charge on any atom is 0.408 e. The molecule has 1 heterocycles. The number of hydrogen-bond acceptors (Lipinski definition) is 5. The first-order valence-electron chi connectivity index (χ1n) is 10.9. The number of hydrogen-bond donors (Lipinski definition) is 1. The number of amides is 2. The van der Waals surface area contributed by atoms with Crippen molar-refractivity contribution in [1.29, 1.82) is 5.26 Å². The third-order valence-electron chi connectivity index (χ3n) is 5.59. The number of alkyl carbamates (subject to hydrolysis) is 1. The van der Waals surface area contributed by atoms with E-state index >= 15 is 0 Å². The molecule has 2 aromatic rings. The zero-order valence-electron chi connectivity index (χ0n) is 18.7. The van der Waals surface area contributed by atoms with E-state index in [1.54, 1.807) is 0 Å². The minimum Gasteiger partial charge on any atom is -0.445 e. The van der Waals surface area contributed by atoms with Crippen LogP contribution >= 0.6 is 0 Å². The molecule has 0 radical (unpaired) electrons. The highest BCUT2D eigenvalue weighted by Crippen LogP contribution is 2.13. The van der Waals surface area contributed by atoms with Crippen LogP contribution in [0.1, 0.15) is 30.5 Å². The van der Waals surface area contributed by atoms with Crippen LogP contribution in [0.2, 0.25) is 0 Å². The Morgan fingerprint density at radius 3 is 2.25 bits per heavy atom. The Morgan fingerprint density at radius 2 is 1.66 bits per heavy atom. The van der Waals surface area contributed by atoms with Crippen molar-refractivity contribution in [3.05, 3.63) is 71.3 Å². The van der Waals surface area contributed by atoms with Crippen LogP contribution in [-0.2, 0) is 22.7 Å². The molecular formula is C25H30N4O3. The summed E-state index contributed by atoms with van der Waals surface area (Å²) >= 11 is 0. The van der Waals surface area contributed by atoms with Gasteiger partial charge in [-0.1, -0.05) is 56.3 Å². The zero-order chi connectivity index (χ0) is 22.9. The van der Waals surface area contributed by atoms with Gasteiger partial charge >= 0.3 is 6.09 Å². The Bertz CT molecular complexity index is 930. The smallest absolute Gasteiger partial charge is 0.408 e. The van der Waals surface area contributed by atoms with Crippen molar-refractivity contribution in [2.75, 3.05) is 26.2 Å². The molecule has 0 aliphatic carbocycles. The summed E-state index contributed by atoms with van der Waals surface area (Å²) < 4.78 is 5.30. The predicted molar refractivity (Wildman–Crippen MR) is 121 cm³/mol. The number of piperazine rings is 1. The monoisotopic (exact) mass is 434 g/mol. The first kappa shape index (κ1) is 23.3. The van der Waals surface area contributed by atoms with Gasteiger partial charge in [0, 0.05) is 32.7 Å². The maximum atomic E-state index is 13.1. The second-order valence-electron chi connectivity index (χ2n) is 8.34. The SMILES string of the molecule is CC(C)C(NC(=O)OCc1ccccc1)C(=O)N1CCN(Cc2ccc(C#N)cc2)CC1. The number of carbonyl (C=O) groups excluding carboxylic acids is 2. The molecular weight excluding hydrogens is 404 g/mol. The molecule has 1 fully saturated rings. The van der Waals surface area contributed by atoms with Crippen molar-refractivity contribution in [3.63, 3.8) is 0 Å². The van der Waals surface area contributed by atoms with Crippen LogP contribution in [0.15, 0.2) is 54.6 Å². The van der Waals surface area contributed by atoms with Crippen molar-refractivity contribution >= 4 is 12.0 Å². The average molecular weight is 435 g/mol. The summed E-state index contributed by atoms with van der Waals surface area (Å²) in [4.78, 5) is 29.5. The number of nitriles is 1. The standard InChI is InChI=1S/C25H30N4O3/c1-19(2)23(27-25(31)32-18-22-6-4-3-5-7-22)24(30)29-14-12-28(13-15-29)17-21-10-8-20(16-26)9-11-21/h3-11,19,23H,12-15,17-18H2,1-2H3,(H,27,31). The molecule has 1 atom stereocenters. The number of carbonyl (C=O) groups is 2. The lowest BCUT2D eigenvalue weighted by Gasteiger charge is -2.37. The first-order valence-corrected chi connectivity index (χ1v) is 10.9. The molecule has 0 bridgehead atoms. The van der Waals surface area contributed by atoms with E-state index in [2.05, 4.69) is 16.3 Å². The molecule has 0 saturated carbocycles. The molecule has 1 aliphatic rings. The predicted octanol–water partition coefficient (Wildman–Crippen LogP) is 3.15. The molecule has 168 valence electrons. The second kappa shape index (κ2) is 11.3. The molecule has 1 unspecified atom stereocenters. The van der Waals surface area contributed by atoms with Crippen molar-refractivity contribution in [2.24, 2.45) is 5.92 Å². The molecule has 2 aromatic carbocycles. The Morgan fingerprint density at radius 1 is 1.00 bits per heavy atom. The van der Waals surface area contributed by atoms with Crippen LogP contribution in [0.4, 0.5) is 4.79 Å². The second-order valence-corrected chi connectivity index (χ2v) is 8.34. The van der Waals surface area contributed by atoms with Gasteiger partial charge in [-0.3, -0.25) is 9.69 Å². The minimum absolute atomic E-state index is 0.0524. The van der Waals surface area contributed by atoms with Crippen LogP contribution in [0.5, 0.6) is 0 Å². The molecule has 1 aliphatic heterocycles. The molecule has 1 N–H and O–H groups in total. The Balaban J connectivity index is 1.48. The zero-order valence-corrected chi connectivity index (χ0v) is 18.7. The molecule has 1 saturated heterocycles. The lowest BCUT2D eigenvalue weighted by atomic mass is 10.0. The van der Waals surface area contributed by atoms with Gasteiger partial charge in [-0.25, -0.2) is 4.79 Å². The lowest BCUT2D eigenvalue weighted by molar-refractivity contribution is -0.136. The highest BCUT2D eigenvalue weighted by atomic mass is 16.5. The van der Waals surface area contributed by atoms with Crippen molar-refractivity contribution in [3.8, 4) is 6.07 Å². The molecule has 7 nitrogen and oxygen atoms in total. The van der Waals surface area contributed by atoms with Gasteiger partial charge in [0.1, 0.15) is 12.6 Å². The molecule has 7 heteroatoms. The highest BCUT2D eigenvalue weighted by Gasteiger charge is 2.31. The number of ether oxygens (including phenoxy) is 1. The van der Waals surface area contributed by atoms with E-state index in [-0.39, 0.29) is 18.4 Å². The summed E-state index contributed by atoms with van der Waals surface area (Å²) in [5.41, 5.74) is 2.69. The van der Waals surface area contributed by atoms with Crippen LogP contribution in [0.3, 0.4) is 0 Å². The van der Waals surface area contributed by atoms with Gasteiger partial charge in [0.15, 0.2) is 0 Å². The topological polar surface area (TPSA) is 85.7 Å². The number of rotatable bonds is 7. The van der Waals surface area contributed by atoms with E-state index in [9.17, 15) is 9.59 Å². The molecule has 0 aromatic heterocycles. The summed E-state index contributed by atoms with van der Waals surface area (Å²) in [6.45, 7) is 7.52. The number of nitrogens with zero attached hydrogens (tertiary/aromatic N) is 3. The maximum absolute atomic E-state index is 13.1. The van der Waals surface area contributed by atoms with E-state index in [1.807, 2.05) is 73.3 Å². The number of benzene rings is 2. The van der Waals surface area contributed by atoms with Gasteiger partial charge in [0.2, 0.25) is 5.91 Å². The fourth-order valence-corrected chi connectivity index (χ4v) is 3.67. The molecule has 3 rings (SSSR count). The molecule has 2 amide bonds. The van der Waals surface area contributed by atoms with Crippen LogP contribution in [-0.4, -0.2) is 54.0 Å². The third-order valence-corrected chi connectivity index (χ3v) is 5.59. The van der Waals surface area contributed by atoms with Gasteiger partial charge < -0.3 is 15.0 Å². The van der Waals surface area contributed by atoms with Gasteiger partial charge in [0.25, 0.3) is 0 Å². The van der Waals surface area contributed by atoms with E-state index in [0.29, 0.717) is 18.7 Å². The van der Waals surface area contributed by atoms with E-state index < -0.39 is 12.1 Å². The van der Waals surface area contributed by atoms with Crippen molar-refractivity contribution in [2.45, 2.75) is 33.0 Å². The lowest BCUT2D eigenvalue weighted by Crippen LogP contribution is -2.56. The quantitative estimate of drug-likeness (QED) is 0.724. The van der Waals surface area contributed by atoms with Crippen LogP contribution in [0, 0.1) is 17.2 Å². The summed E-state index contributed by atoms with van der Waals surface area (Å²) in [5, 5.41) is 11.7. The summed E-state index contributed by atoms with van der Waals surface area (Å²) in [7, 11) is 0. The average Bonchev–Trinajstić information content (AvgIpc) is 2.82. The first-order chi connectivity index (χ1) is 15.5. The Kier molecular flexibility index (Phi) is 8.23. The van der Waals surface area contributed by atoms with E-state index in [1.165, 1.54) is 0 Å². The van der Waals surface area contributed by atoms with E-state index in [0.717, 1.165) is 30.8 Å². The normalized spacial score (nSPS) is 15.1. The Hall–Kier alpha value is -3.37. The van der Waals surface area contributed by atoms with E-state index in [4.69, 9.17) is 10.00 Å². The Labute approximate surface area is 189 Å². The number of nitrogens with one attached hydrogen (secondary N) is 1. The highest BCUT2D eigenvalue weighted by molar-refractivity contribution is 5.86. The largest absolute Gasteiger partial charge is 0.445 e. The van der Waals surface area contributed by atoms with Crippen molar-refractivity contribution in [1.82, 2.24) is 15.1 Å². The van der Waals surface area contributed by atoms with Gasteiger partial charge in [-0.05, 0) is 29.2 Å². The summed E-state index contributed by atoms with van der Waals surface area (Å²) in [5.74, 6) is -0.127. The fourth-order valence-electron chi connectivity index (χ4n) is 3.67. The van der Waals surface area contributed by atoms with Crippen LogP contribution < -0.4 is 5.32 Å². The molecule has 0 spiro atoms. The summed E-state index contributed by atoms with van der Waals surface area (Å²) in [6.07, 6.45) is -0.583. The minimum atomic E-state index is -0.622. The fraction of sp³-hybridized carbons (Fsp3) is 0.400. The molecule has 32 heavy (non-hydrogen) atoms.